The zero-order valence-electron chi connectivity index (χ0n) is 13.8. The third-order valence-electron chi connectivity index (χ3n) is 4.91. The molecule has 5 heteroatoms. The molecule has 1 heterocycles. The van der Waals surface area contributed by atoms with Gasteiger partial charge in [-0.1, -0.05) is 49.5 Å². The molecule has 0 spiro atoms. The molecule has 0 bridgehead atoms. The number of nitrogens with zero attached hydrogens (tertiary/aromatic N) is 2. The zero-order valence-corrected chi connectivity index (χ0v) is 15.3. The van der Waals surface area contributed by atoms with Crippen LogP contribution in [-0.4, -0.2) is 15.6 Å². The van der Waals surface area contributed by atoms with Gasteiger partial charge in [-0.3, -0.25) is 0 Å². The summed E-state index contributed by atoms with van der Waals surface area (Å²) in [4.78, 5) is 4.62. The van der Waals surface area contributed by atoms with E-state index < -0.39 is 0 Å². The molecule has 1 aliphatic carbocycles. The Morgan fingerprint density at radius 1 is 1.22 bits per heavy atom. The Labute approximate surface area is 148 Å². The standard InChI is InChI=1S/C18H23Cl2N3/c1-12(2)22-16(17-21-9-10-23(17)3)18(7-4-8-18)13-5-6-14(19)15(20)11-13/h5-6,9-12,16,22H,4,7-8H2,1-3H3. The fourth-order valence-corrected chi connectivity index (χ4v) is 3.88. The molecule has 1 atom stereocenters. The molecule has 1 aromatic heterocycles. The highest BCUT2D eigenvalue weighted by Gasteiger charge is 2.47. The lowest BCUT2D eigenvalue weighted by Crippen LogP contribution is -2.49. The summed E-state index contributed by atoms with van der Waals surface area (Å²) in [6.45, 7) is 4.36. The summed E-state index contributed by atoms with van der Waals surface area (Å²) < 4.78 is 2.11. The van der Waals surface area contributed by atoms with E-state index >= 15 is 0 Å². The van der Waals surface area contributed by atoms with Crippen LogP contribution in [-0.2, 0) is 12.5 Å². The Hall–Kier alpha value is -1.03. The minimum Gasteiger partial charge on any atom is -0.337 e. The largest absolute Gasteiger partial charge is 0.337 e. The number of hydrogen-bond acceptors (Lipinski definition) is 2. The fraction of sp³-hybridized carbons (Fsp3) is 0.500. The van der Waals surface area contributed by atoms with Crippen molar-refractivity contribution in [1.29, 1.82) is 0 Å². The Kier molecular flexibility index (Phi) is 4.73. The van der Waals surface area contributed by atoms with E-state index in [4.69, 9.17) is 23.2 Å². The summed E-state index contributed by atoms with van der Waals surface area (Å²) in [6.07, 6.45) is 7.35. The van der Waals surface area contributed by atoms with E-state index in [1.807, 2.05) is 24.5 Å². The molecule has 0 aliphatic heterocycles. The van der Waals surface area contributed by atoms with Crippen LogP contribution < -0.4 is 5.32 Å². The molecule has 2 aromatic rings. The summed E-state index contributed by atoms with van der Waals surface area (Å²) in [5, 5.41) is 4.97. The van der Waals surface area contributed by atoms with E-state index in [1.54, 1.807) is 0 Å². The third-order valence-corrected chi connectivity index (χ3v) is 5.65. The Morgan fingerprint density at radius 3 is 2.43 bits per heavy atom. The first-order valence-electron chi connectivity index (χ1n) is 8.13. The smallest absolute Gasteiger partial charge is 0.126 e. The molecule has 1 unspecified atom stereocenters. The van der Waals surface area contributed by atoms with E-state index in [1.165, 1.54) is 12.0 Å². The molecule has 1 fully saturated rings. The number of rotatable bonds is 5. The van der Waals surface area contributed by atoms with Crippen LogP contribution in [0.4, 0.5) is 0 Å². The van der Waals surface area contributed by atoms with Crippen LogP contribution in [0.3, 0.4) is 0 Å². The Bertz CT molecular complexity index is 689. The number of nitrogens with one attached hydrogen (secondary N) is 1. The van der Waals surface area contributed by atoms with Crippen molar-refractivity contribution in [2.24, 2.45) is 7.05 Å². The van der Waals surface area contributed by atoms with E-state index in [0.29, 0.717) is 16.1 Å². The molecule has 1 aromatic carbocycles. The lowest BCUT2D eigenvalue weighted by molar-refractivity contribution is 0.154. The lowest BCUT2D eigenvalue weighted by Gasteiger charge is -2.49. The van der Waals surface area contributed by atoms with Crippen molar-refractivity contribution in [3.8, 4) is 0 Å². The van der Waals surface area contributed by atoms with Gasteiger partial charge in [-0.2, -0.15) is 0 Å². The summed E-state index contributed by atoms with van der Waals surface area (Å²) in [6, 6.07) is 6.58. The van der Waals surface area contributed by atoms with Gasteiger partial charge in [0.2, 0.25) is 0 Å². The topological polar surface area (TPSA) is 29.9 Å². The molecular formula is C18H23Cl2N3. The molecule has 1 N–H and O–H groups in total. The van der Waals surface area contributed by atoms with Gasteiger partial charge in [0.05, 0.1) is 16.1 Å². The minimum absolute atomic E-state index is 0.0254. The number of aryl methyl sites for hydroxylation is 1. The average molecular weight is 352 g/mol. The van der Waals surface area contributed by atoms with E-state index in [-0.39, 0.29) is 11.5 Å². The van der Waals surface area contributed by atoms with E-state index in [0.717, 1.165) is 18.7 Å². The van der Waals surface area contributed by atoms with Crippen molar-refractivity contribution in [1.82, 2.24) is 14.9 Å². The van der Waals surface area contributed by atoms with Gasteiger partial charge in [-0.05, 0) is 30.5 Å². The number of imidazole rings is 1. The van der Waals surface area contributed by atoms with Gasteiger partial charge in [0.25, 0.3) is 0 Å². The van der Waals surface area contributed by atoms with Gasteiger partial charge >= 0.3 is 0 Å². The molecule has 0 saturated heterocycles. The van der Waals surface area contributed by atoms with Gasteiger partial charge in [-0.15, -0.1) is 0 Å². The number of hydrogen-bond donors (Lipinski definition) is 1. The Morgan fingerprint density at radius 2 is 1.96 bits per heavy atom. The molecule has 124 valence electrons. The zero-order chi connectivity index (χ0) is 16.6. The van der Waals surface area contributed by atoms with Gasteiger partial charge in [0.1, 0.15) is 5.82 Å². The summed E-state index contributed by atoms with van der Waals surface area (Å²) >= 11 is 12.4. The fourth-order valence-electron chi connectivity index (χ4n) is 3.58. The molecule has 0 radical (unpaired) electrons. The van der Waals surface area contributed by atoms with Crippen LogP contribution >= 0.6 is 23.2 Å². The highest BCUT2D eigenvalue weighted by Crippen LogP contribution is 2.52. The molecule has 1 saturated carbocycles. The van der Waals surface area contributed by atoms with Crippen LogP contribution in [0.1, 0.15) is 50.5 Å². The monoisotopic (exact) mass is 351 g/mol. The van der Waals surface area contributed by atoms with E-state index in [2.05, 4.69) is 41.8 Å². The highest BCUT2D eigenvalue weighted by atomic mass is 35.5. The summed E-state index contributed by atoms with van der Waals surface area (Å²) in [7, 11) is 2.05. The maximum atomic E-state index is 6.29. The first-order chi connectivity index (χ1) is 10.9. The molecule has 3 nitrogen and oxygen atoms in total. The van der Waals surface area contributed by atoms with Gasteiger partial charge in [0.15, 0.2) is 0 Å². The first-order valence-corrected chi connectivity index (χ1v) is 8.88. The van der Waals surface area contributed by atoms with E-state index in [9.17, 15) is 0 Å². The van der Waals surface area contributed by atoms with Crippen LogP contribution in [0.15, 0.2) is 30.6 Å². The quantitative estimate of drug-likeness (QED) is 0.830. The lowest BCUT2D eigenvalue weighted by atomic mass is 9.59. The summed E-state index contributed by atoms with van der Waals surface area (Å²) in [5.74, 6) is 1.07. The van der Waals surface area contributed by atoms with Crippen LogP contribution in [0.2, 0.25) is 10.0 Å². The average Bonchev–Trinajstić information content (AvgIpc) is 2.86. The molecule has 3 rings (SSSR count). The number of aromatic nitrogens is 2. The van der Waals surface area contributed by atoms with Gasteiger partial charge in [0, 0.05) is 30.9 Å². The third kappa shape index (κ3) is 3.02. The van der Waals surface area contributed by atoms with Crippen molar-refractivity contribution in [2.75, 3.05) is 0 Å². The Balaban J connectivity index is 2.07. The van der Waals surface area contributed by atoms with Crippen LogP contribution in [0.25, 0.3) is 0 Å². The first kappa shape index (κ1) is 16.8. The molecule has 0 amide bonds. The van der Waals surface area contributed by atoms with Crippen LogP contribution in [0.5, 0.6) is 0 Å². The molecule has 23 heavy (non-hydrogen) atoms. The highest BCUT2D eigenvalue weighted by molar-refractivity contribution is 6.42. The number of benzene rings is 1. The van der Waals surface area contributed by atoms with Crippen molar-refractivity contribution >= 4 is 23.2 Å². The number of halogens is 2. The maximum absolute atomic E-state index is 6.29. The molecular weight excluding hydrogens is 329 g/mol. The minimum atomic E-state index is 0.0254. The van der Waals surface area contributed by atoms with Crippen molar-refractivity contribution in [3.05, 3.63) is 52.0 Å². The van der Waals surface area contributed by atoms with Crippen molar-refractivity contribution in [3.63, 3.8) is 0 Å². The normalized spacial score (nSPS) is 18.0. The van der Waals surface area contributed by atoms with Crippen molar-refractivity contribution < 1.29 is 0 Å². The van der Waals surface area contributed by atoms with Crippen molar-refractivity contribution in [2.45, 2.75) is 50.6 Å². The second-order valence-electron chi connectivity index (χ2n) is 6.79. The maximum Gasteiger partial charge on any atom is 0.126 e. The predicted molar refractivity (Wildman–Crippen MR) is 96.2 cm³/mol. The van der Waals surface area contributed by atoms with Crippen LogP contribution in [0, 0.1) is 0 Å². The molecule has 1 aliphatic rings. The second-order valence-corrected chi connectivity index (χ2v) is 7.60. The summed E-state index contributed by atoms with van der Waals surface area (Å²) in [5.41, 5.74) is 1.27. The van der Waals surface area contributed by atoms with Gasteiger partial charge in [-0.25, -0.2) is 4.98 Å². The SMILES string of the molecule is CC(C)NC(c1nccn1C)C1(c2ccc(Cl)c(Cl)c2)CCC1. The second kappa shape index (κ2) is 6.46. The van der Waals surface area contributed by atoms with Gasteiger partial charge < -0.3 is 9.88 Å². The predicted octanol–water partition coefficient (Wildman–Crippen LogP) is 4.89.